The van der Waals surface area contributed by atoms with Gasteiger partial charge in [-0.15, -0.1) is 0 Å². The summed E-state index contributed by atoms with van der Waals surface area (Å²) in [6.07, 6.45) is 39.7. The lowest BCUT2D eigenvalue weighted by Gasteiger charge is -2.18. The molecule has 288 valence electrons. The Labute approximate surface area is 303 Å². The normalized spacial score (nSPS) is 12.0. The first-order valence-electron chi connectivity index (χ1n) is 21.2. The lowest BCUT2D eigenvalue weighted by Crippen LogP contribution is -2.30. The van der Waals surface area contributed by atoms with Crippen molar-refractivity contribution in [2.24, 2.45) is 0 Å². The molecule has 0 radical (unpaired) electrons. The molecule has 0 bridgehead atoms. The largest absolute Gasteiger partial charge is 0.462 e. The Morgan fingerprint density at radius 3 is 1.06 bits per heavy atom. The maximum Gasteiger partial charge on any atom is 0.306 e. The zero-order chi connectivity index (χ0) is 35.9. The number of allylic oxidation sites excluding steroid dienone is 2. The van der Waals surface area contributed by atoms with Gasteiger partial charge in [0.15, 0.2) is 6.10 Å². The highest BCUT2D eigenvalue weighted by atomic mass is 16.6. The minimum Gasteiger partial charge on any atom is -0.462 e. The molecule has 0 N–H and O–H groups in total. The van der Waals surface area contributed by atoms with Gasteiger partial charge >= 0.3 is 17.9 Å². The zero-order valence-electron chi connectivity index (χ0n) is 32.7. The molecule has 0 saturated carbocycles. The molecule has 0 unspecified atom stereocenters. The topological polar surface area (TPSA) is 78.9 Å². The second kappa shape index (κ2) is 38.9. The van der Waals surface area contributed by atoms with Crippen LogP contribution in [0.1, 0.15) is 226 Å². The van der Waals surface area contributed by atoms with Gasteiger partial charge in [-0.3, -0.25) is 14.4 Å². The average Bonchev–Trinajstić information content (AvgIpc) is 3.09. The molecule has 0 heterocycles. The number of unbranched alkanes of at least 4 members (excludes halogenated alkanes) is 25. The molecule has 0 aromatic carbocycles. The number of rotatable bonds is 38. The van der Waals surface area contributed by atoms with Crippen LogP contribution >= 0.6 is 0 Å². The van der Waals surface area contributed by atoms with Crippen LogP contribution in [0.5, 0.6) is 0 Å². The van der Waals surface area contributed by atoms with Crippen LogP contribution in [0.4, 0.5) is 0 Å². The fourth-order valence-electron chi connectivity index (χ4n) is 6.02. The Bertz CT molecular complexity index is 763. The Balaban J connectivity index is 4.13. The third-order valence-corrected chi connectivity index (χ3v) is 9.27. The quantitative estimate of drug-likeness (QED) is 0.0277. The van der Waals surface area contributed by atoms with Crippen molar-refractivity contribution in [3.8, 4) is 0 Å². The van der Waals surface area contributed by atoms with Crippen molar-refractivity contribution in [1.29, 1.82) is 0 Å². The van der Waals surface area contributed by atoms with Gasteiger partial charge in [-0.05, 0) is 44.9 Å². The number of hydrogen-bond donors (Lipinski definition) is 0. The van der Waals surface area contributed by atoms with Gasteiger partial charge in [0.05, 0.1) is 0 Å². The molecule has 0 spiro atoms. The summed E-state index contributed by atoms with van der Waals surface area (Å²) >= 11 is 0. The first-order chi connectivity index (χ1) is 24.0. The van der Waals surface area contributed by atoms with Gasteiger partial charge in [0.25, 0.3) is 0 Å². The standard InChI is InChI=1S/C43H80O6/c1-4-7-10-12-14-16-18-20-21-23-24-26-28-30-33-36-42(45)48-39-40(38-47-41(44)35-32-9-6-3)49-43(46)37-34-31-29-27-25-22-19-17-15-13-11-8-5-2/h20-21,40H,4-19,22-39H2,1-3H3/b21-20-/t40-/m1/s1. The molecule has 0 aliphatic carbocycles. The highest BCUT2D eigenvalue weighted by Gasteiger charge is 2.19. The van der Waals surface area contributed by atoms with Crippen LogP contribution in [0.2, 0.25) is 0 Å². The second-order valence-corrected chi connectivity index (χ2v) is 14.3. The summed E-state index contributed by atoms with van der Waals surface area (Å²) < 4.78 is 16.5. The summed E-state index contributed by atoms with van der Waals surface area (Å²) in [7, 11) is 0. The van der Waals surface area contributed by atoms with E-state index >= 15 is 0 Å². The predicted octanol–water partition coefficient (Wildman–Crippen LogP) is 13.1. The van der Waals surface area contributed by atoms with Gasteiger partial charge in [0, 0.05) is 19.3 Å². The van der Waals surface area contributed by atoms with Crippen molar-refractivity contribution >= 4 is 17.9 Å². The van der Waals surface area contributed by atoms with E-state index in [9.17, 15) is 14.4 Å². The van der Waals surface area contributed by atoms with E-state index in [4.69, 9.17) is 14.2 Å². The van der Waals surface area contributed by atoms with E-state index in [-0.39, 0.29) is 31.1 Å². The molecule has 0 aliphatic heterocycles. The van der Waals surface area contributed by atoms with E-state index in [0.29, 0.717) is 19.3 Å². The Morgan fingerprint density at radius 1 is 0.388 bits per heavy atom. The summed E-state index contributed by atoms with van der Waals surface area (Å²) in [5.41, 5.74) is 0. The first-order valence-corrected chi connectivity index (χ1v) is 21.2. The van der Waals surface area contributed by atoms with Crippen LogP contribution < -0.4 is 0 Å². The monoisotopic (exact) mass is 693 g/mol. The third-order valence-electron chi connectivity index (χ3n) is 9.27. The van der Waals surface area contributed by atoms with E-state index < -0.39 is 6.10 Å². The van der Waals surface area contributed by atoms with Crippen molar-refractivity contribution in [2.45, 2.75) is 232 Å². The molecule has 0 amide bonds. The van der Waals surface area contributed by atoms with Crippen molar-refractivity contribution in [2.75, 3.05) is 13.2 Å². The van der Waals surface area contributed by atoms with Gasteiger partial charge in [0.1, 0.15) is 13.2 Å². The van der Waals surface area contributed by atoms with E-state index in [0.717, 1.165) is 64.2 Å². The molecule has 49 heavy (non-hydrogen) atoms. The summed E-state index contributed by atoms with van der Waals surface area (Å²) in [5, 5.41) is 0. The SMILES string of the molecule is CCCCCCCC/C=C\CCCCCCCC(=O)OC[C@@H](COC(=O)CCCCC)OC(=O)CCCCCCCCCCCCCCC. The highest BCUT2D eigenvalue weighted by Crippen LogP contribution is 2.14. The highest BCUT2D eigenvalue weighted by molar-refractivity contribution is 5.71. The smallest absolute Gasteiger partial charge is 0.306 e. The molecule has 0 rings (SSSR count). The Hall–Kier alpha value is -1.85. The molecular formula is C43H80O6. The summed E-state index contributed by atoms with van der Waals surface area (Å²) in [6.45, 7) is 6.46. The molecular weight excluding hydrogens is 612 g/mol. The lowest BCUT2D eigenvalue weighted by molar-refractivity contribution is -0.167. The van der Waals surface area contributed by atoms with Crippen molar-refractivity contribution < 1.29 is 28.6 Å². The predicted molar refractivity (Wildman–Crippen MR) is 206 cm³/mol. The van der Waals surface area contributed by atoms with Crippen LogP contribution in [0.3, 0.4) is 0 Å². The fraction of sp³-hybridized carbons (Fsp3) is 0.884. The summed E-state index contributed by atoms with van der Waals surface area (Å²) in [4.78, 5) is 37.1. The van der Waals surface area contributed by atoms with E-state index in [1.165, 1.54) is 122 Å². The Kier molecular flexibility index (Phi) is 37.5. The molecule has 6 heteroatoms. The molecule has 0 aromatic rings. The van der Waals surface area contributed by atoms with Gasteiger partial charge in [0.2, 0.25) is 0 Å². The number of ether oxygens (including phenoxy) is 3. The van der Waals surface area contributed by atoms with E-state index in [1.54, 1.807) is 0 Å². The average molecular weight is 693 g/mol. The van der Waals surface area contributed by atoms with Crippen LogP contribution in [0, 0.1) is 0 Å². The number of carbonyl (C=O) groups excluding carboxylic acids is 3. The molecule has 0 aromatic heterocycles. The van der Waals surface area contributed by atoms with Gasteiger partial charge < -0.3 is 14.2 Å². The lowest BCUT2D eigenvalue weighted by atomic mass is 10.0. The molecule has 0 saturated heterocycles. The minimum absolute atomic E-state index is 0.0729. The maximum atomic E-state index is 12.6. The second-order valence-electron chi connectivity index (χ2n) is 14.3. The molecule has 6 nitrogen and oxygen atoms in total. The zero-order valence-corrected chi connectivity index (χ0v) is 32.7. The van der Waals surface area contributed by atoms with Gasteiger partial charge in [-0.1, -0.05) is 174 Å². The first kappa shape index (κ1) is 47.1. The number of hydrogen-bond acceptors (Lipinski definition) is 6. The number of carbonyl (C=O) groups is 3. The third kappa shape index (κ3) is 37.2. The van der Waals surface area contributed by atoms with Gasteiger partial charge in [-0.25, -0.2) is 0 Å². The van der Waals surface area contributed by atoms with Crippen molar-refractivity contribution in [3.63, 3.8) is 0 Å². The summed E-state index contributed by atoms with van der Waals surface area (Å²) in [6, 6.07) is 0. The fourth-order valence-corrected chi connectivity index (χ4v) is 6.02. The van der Waals surface area contributed by atoms with Crippen LogP contribution in [0.25, 0.3) is 0 Å². The van der Waals surface area contributed by atoms with Crippen molar-refractivity contribution in [3.05, 3.63) is 12.2 Å². The van der Waals surface area contributed by atoms with E-state index in [2.05, 4.69) is 32.9 Å². The summed E-state index contributed by atoms with van der Waals surface area (Å²) in [5.74, 6) is -0.904. The van der Waals surface area contributed by atoms with Crippen LogP contribution in [-0.4, -0.2) is 37.2 Å². The van der Waals surface area contributed by atoms with Gasteiger partial charge in [-0.2, -0.15) is 0 Å². The van der Waals surface area contributed by atoms with Crippen LogP contribution in [0.15, 0.2) is 12.2 Å². The molecule has 0 aliphatic rings. The molecule has 1 atom stereocenters. The van der Waals surface area contributed by atoms with Crippen LogP contribution in [-0.2, 0) is 28.6 Å². The molecule has 0 fully saturated rings. The minimum atomic E-state index is -0.761. The van der Waals surface area contributed by atoms with Crippen molar-refractivity contribution in [1.82, 2.24) is 0 Å². The maximum absolute atomic E-state index is 12.6. The number of esters is 3. The van der Waals surface area contributed by atoms with E-state index in [1.807, 2.05) is 0 Å². The Morgan fingerprint density at radius 2 is 0.673 bits per heavy atom.